The molecule has 0 unspecified atom stereocenters. The van der Waals surface area contributed by atoms with E-state index < -0.39 is 0 Å². The van der Waals surface area contributed by atoms with Crippen molar-refractivity contribution in [3.05, 3.63) is 29.0 Å². The Bertz CT molecular complexity index is 570. The summed E-state index contributed by atoms with van der Waals surface area (Å²) in [5, 5.41) is 4.95. The van der Waals surface area contributed by atoms with Crippen LogP contribution in [0.3, 0.4) is 0 Å². The molecule has 1 aliphatic rings. The summed E-state index contributed by atoms with van der Waals surface area (Å²) >= 11 is 1.61. The summed E-state index contributed by atoms with van der Waals surface area (Å²) in [4.78, 5) is 17.1. The van der Waals surface area contributed by atoms with Crippen LogP contribution < -0.4 is 5.32 Å². The smallest absolute Gasteiger partial charge is 0.236 e. The third-order valence-corrected chi connectivity index (χ3v) is 4.09. The highest BCUT2D eigenvalue weighted by Gasteiger charge is 2.29. The van der Waals surface area contributed by atoms with Gasteiger partial charge in [0.15, 0.2) is 0 Å². The lowest BCUT2D eigenvalue weighted by Gasteiger charge is -2.01. The summed E-state index contributed by atoms with van der Waals surface area (Å²) in [5.41, 5.74) is 0.930. The van der Waals surface area contributed by atoms with E-state index in [1.165, 1.54) is 0 Å². The molecule has 2 heterocycles. The number of carbonyl (C=O) groups is 1. The zero-order chi connectivity index (χ0) is 13.2. The number of aryl methyl sites for hydroxylation is 1. The fraction of sp³-hybridized carbons (Fsp3) is 0.429. The number of hydrogen-bond acceptors (Lipinski definition) is 4. The molecule has 0 bridgehead atoms. The van der Waals surface area contributed by atoms with Crippen LogP contribution in [0, 0.1) is 12.8 Å². The number of hydrogen-bond donors (Lipinski definition) is 1. The molecule has 1 amide bonds. The van der Waals surface area contributed by atoms with E-state index in [4.69, 9.17) is 4.42 Å². The van der Waals surface area contributed by atoms with Crippen molar-refractivity contribution in [3.8, 4) is 10.8 Å². The fourth-order valence-corrected chi connectivity index (χ4v) is 2.61. The molecule has 19 heavy (non-hydrogen) atoms. The molecular formula is C14H16N2O2S. The van der Waals surface area contributed by atoms with Gasteiger partial charge in [-0.15, -0.1) is 11.3 Å². The number of amides is 1. The predicted molar refractivity (Wildman–Crippen MR) is 74.0 cm³/mol. The molecule has 2 aromatic heterocycles. The minimum absolute atomic E-state index is 0.180. The third-order valence-electron chi connectivity index (χ3n) is 3.23. The van der Waals surface area contributed by atoms with Gasteiger partial charge in [0.05, 0.1) is 10.6 Å². The van der Waals surface area contributed by atoms with Crippen molar-refractivity contribution in [1.82, 2.24) is 10.3 Å². The average molecular weight is 276 g/mol. The van der Waals surface area contributed by atoms with Crippen LogP contribution in [0.2, 0.25) is 0 Å². The van der Waals surface area contributed by atoms with E-state index >= 15 is 0 Å². The highest BCUT2D eigenvalue weighted by Crippen LogP contribution is 2.29. The van der Waals surface area contributed by atoms with Crippen molar-refractivity contribution in [2.45, 2.75) is 26.2 Å². The second kappa shape index (κ2) is 5.17. The topological polar surface area (TPSA) is 55.1 Å². The standard InChI is InChI=1S/C14H16N2O2S/c1-9-11(6-7-15-13(17)10-4-5-10)16-14(18-9)12-3-2-8-19-12/h2-3,8,10H,4-7H2,1H3,(H,15,17). The van der Waals surface area contributed by atoms with Crippen LogP contribution in [0.25, 0.3) is 10.8 Å². The molecule has 4 nitrogen and oxygen atoms in total. The van der Waals surface area contributed by atoms with E-state index in [9.17, 15) is 4.79 Å². The molecule has 0 radical (unpaired) electrons. The molecule has 0 atom stereocenters. The Balaban J connectivity index is 1.60. The molecule has 5 heteroatoms. The monoisotopic (exact) mass is 276 g/mol. The van der Waals surface area contributed by atoms with Crippen molar-refractivity contribution in [1.29, 1.82) is 0 Å². The van der Waals surface area contributed by atoms with Crippen LogP contribution in [0.1, 0.15) is 24.3 Å². The van der Waals surface area contributed by atoms with E-state index in [1.54, 1.807) is 11.3 Å². The van der Waals surface area contributed by atoms with Gasteiger partial charge in [-0.2, -0.15) is 0 Å². The summed E-state index contributed by atoms with van der Waals surface area (Å²) in [6.07, 6.45) is 2.80. The molecule has 1 N–H and O–H groups in total. The van der Waals surface area contributed by atoms with Crippen LogP contribution in [-0.4, -0.2) is 17.4 Å². The van der Waals surface area contributed by atoms with Gasteiger partial charge < -0.3 is 9.73 Å². The van der Waals surface area contributed by atoms with E-state index in [0.29, 0.717) is 12.4 Å². The Labute approximate surface area is 115 Å². The highest BCUT2D eigenvalue weighted by atomic mass is 32.1. The predicted octanol–water partition coefficient (Wildman–Crippen LogP) is 2.78. The first-order valence-corrected chi connectivity index (χ1v) is 7.40. The van der Waals surface area contributed by atoms with Crippen LogP contribution in [0.5, 0.6) is 0 Å². The van der Waals surface area contributed by atoms with E-state index in [1.807, 2.05) is 24.4 Å². The number of carbonyl (C=O) groups excluding carboxylic acids is 1. The second-order valence-corrected chi connectivity index (χ2v) is 5.76. The van der Waals surface area contributed by atoms with Crippen molar-refractivity contribution < 1.29 is 9.21 Å². The first-order valence-electron chi connectivity index (χ1n) is 6.52. The van der Waals surface area contributed by atoms with Gasteiger partial charge in [-0.3, -0.25) is 4.79 Å². The Morgan fingerprint density at radius 1 is 1.58 bits per heavy atom. The number of nitrogens with one attached hydrogen (secondary N) is 1. The maximum atomic E-state index is 11.5. The molecule has 1 fully saturated rings. The van der Waals surface area contributed by atoms with Crippen LogP contribution >= 0.6 is 11.3 Å². The molecule has 2 aromatic rings. The van der Waals surface area contributed by atoms with Crippen LogP contribution in [-0.2, 0) is 11.2 Å². The third kappa shape index (κ3) is 2.87. The van der Waals surface area contributed by atoms with Gasteiger partial charge in [0.1, 0.15) is 5.76 Å². The number of rotatable bonds is 5. The summed E-state index contributed by atoms with van der Waals surface area (Å²) < 4.78 is 5.66. The molecule has 1 aliphatic carbocycles. The van der Waals surface area contributed by atoms with Gasteiger partial charge in [-0.05, 0) is 31.2 Å². The summed E-state index contributed by atoms with van der Waals surface area (Å²) in [6.45, 7) is 2.55. The molecule has 0 aromatic carbocycles. The van der Waals surface area contributed by atoms with Gasteiger partial charge >= 0.3 is 0 Å². The Morgan fingerprint density at radius 3 is 3.11 bits per heavy atom. The quantitative estimate of drug-likeness (QED) is 0.913. The molecule has 0 spiro atoms. The maximum Gasteiger partial charge on any atom is 0.236 e. The Morgan fingerprint density at radius 2 is 2.42 bits per heavy atom. The van der Waals surface area contributed by atoms with Crippen molar-refractivity contribution >= 4 is 17.2 Å². The molecule has 1 saturated carbocycles. The highest BCUT2D eigenvalue weighted by molar-refractivity contribution is 7.13. The molecular weight excluding hydrogens is 260 g/mol. The lowest BCUT2D eigenvalue weighted by Crippen LogP contribution is -2.27. The van der Waals surface area contributed by atoms with Gasteiger partial charge in [-0.25, -0.2) is 4.98 Å². The summed E-state index contributed by atoms with van der Waals surface area (Å²) in [7, 11) is 0. The van der Waals surface area contributed by atoms with Crippen LogP contribution in [0.4, 0.5) is 0 Å². The SMILES string of the molecule is Cc1oc(-c2cccs2)nc1CCNC(=O)C1CC1. The Hall–Kier alpha value is -1.62. The lowest BCUT2D eigenvalue weighted by molar-refractivity contribution is -0.122. The van der Waals surface area contributed by atoms with Gasteiger partial charge in [0, 0.05) is 18.9 Å². The number of nitrogens with zero attached hydrogens (tertiary/aromatic N) is 1. The molecule has 100 valence electrons. The van der Waals surface area contributed by atoms with Crippen molar-refractivity contribution in [3.63, 3.8) is 0 Å². The van der Waals surface area contributed by atoms with Gasteiger partial charge in [0.2, 0.25) is 11.8 Å². The van der Waals surface area contributed by atoms with Gasteiger partial charge in [-0.1, -0.05) is 6.07 Å². The number of oxazole rings is 1. The Kier molecular flexibility index (Phi) is 3.38. The minimum Gasteiger partial charge on any atom is -0.440 e. The van der Waals surface area contributed by atoms with E-state index in [0.717, 1.165) is 35.6 Å². The normalized spacial score (nSPS) is 14.6. The zero-order valence-electron chi connectivity index (χ0n) is 10.8. The van der Waals surface area contributed by atoms with E-state index in [-0.39, 0.29) is 11.8 Å². The lowest BCUT2D eigenvalue weighted by atomic mass is 10.2. The molecule has 0 aliphatic heterocycles. The van der Waals surface area contributed by atoms with Gasteiger partial charge in [0.25, 0.3) is 0 Å². The largest absolute Gasteiger partial charge is 0.440 e. The average Bonchev–Trinajstić information content (AvgIpc) is 2.98. The molecule has 0 saturated heterocycles. The minimum atomic E-state index is 0.180. The van der Waals surface area contributed by atoms with Crippen molar-refractivity contribution in [2.24, 2.45) is 5.92 Å². The summed E-state index contributed by atoms with van der Waals surface area (Å²) in [6, 6.07) is 3.98. The van der Waals surface area contributed by atoms with Crippen molar-refractivity contribution in [2.75, 3.05) is 6.54 Å². The first kappa shape index (κ1) is 12.4. The van der Waals surface area contributed by atoms with E-state index in [2.05, 4.69) is 10.3 Å². The molecule has 3 rings (SSSR count). The first-order chi connectivity index (χ1) is 9.24. The summed E-state index contributed by atoms with van der Waals surface area (Å²) in [5.74, 6) is 1.96. The number of thiophene rings is 1. The van der Waals surface area contributed by atoms with Crippen LogP contribution in [0.15, 0.2) is 21.9 Å². The maximum absolute atomic E-state index is 11.5. The fourth-order valence-electron chi connectivity index (χ4n) is 1.96. The number of aromatic nitrogens is 1. The zero-order valence-corrected chi connectivity index (χ0v) is 11.6. The second-order valence-electron chi connectivity index (χ2n) is 4.81.